The third kappa shape index (κ3) is 2.15. The number of carbonyl (C=O) groups excluding carboxylic acids is 2. The van der Waals surface area contributed by atoms with Crippen LogP contribution in [-0.4, -0.2) is 18.7 Å². The number of benzene rings is 1. The Morgan fingerprint density at radius 3 is 3.00 bits per heavy atom. The fraction of sp³-hybridized carbons (Fsp3) is 0.273. The molecule has 78 valence electrons. The highest BCUT2D eigenvalue weighted by atomic mass is 16.2. The summed E-state index contributed by atoms with van der Waals surface area (Å²) in [5.41, 5.74) is 4.23. The number of nitrogens with one attached hydrogen (secondary N) is 1. The lowest BCUT2D eigenvalue weighted by molar-refractivity contribution is -0.122. The molecule has 0 radical (unpaired) electrons. The molecular formula is C11H12N2O2. The van der Waals surface area contributed by atoms with E-state index in [-0.39, 0.29) is 5.91 Å². The van der Waals surface area contributed by atoms with E-state index in [1.807, 2.05) is 6.07 Å². The number of hydrogen-bond donors (Lipinski definition) is 1. The zero-order valence-electron chi connectivity index (χ0n) is 8.27. The quantitative estimate of drug-likeness (QED) is 0.735. The van der Waals surface area contributed by atoms with Gasteiger partial charge in [-0.05, 0) is 18.6 Å². The number of amides is 1. The van der Waals surface area contributed by atoms with E-state index < -0.39 is 0 Å². The Kier molecular flexibility index (Phi) is 2.67. The minimum absolute atomic E-state index is 0.0257. The normalized spacial score (nSPS) is 16.0. The first kappa shape index (κ1) is 9.71. The summed E-state index contributed by atoms with van der Waals surface area (Å²) in [6, 6.07) is 7.18. The van der Waals surface area contributed by atoms with Crippen molar-refractivity contribution in [3.05, 3.63) is 29.8 Å². The second kappa shape index (κ2) is 4.13. The molecule has 0 spiro atoms. The van der Waals surface area contributed by atoms with Crippen LogP contribution < -0.4 is 10.4 Å². The average Bonchev–Trinajstić information content (AvgIpc) is 2.29. The topological polar surface area (TPSA) is 49.4 Å². The van der Waals surface area contributed by atoms with E-state index in [0.717, 1.165) is 24.9 Å². The molecule has 1 heterocycles. The second-order valence-electron chi connectivity index (χ2n) is 3.50. The summed E-state index contributed by atoms with van der Waals surface area (Å²) < 4.78 is 0. The maximum Gasteiger partial charge on any atom is 0.238 e. The number of aldehydes is 1. The number of anilines is 1. The van der Waals surface area contributed by atoms with Gasteiger partial charge in [0.05, 0.1) is 5.69 Å². The highest BCUT2D eigenvalue weighted by Crippen LogP contribution is 2.16. The summed E-state index contributed by atoms with van der Waals surface area (Å²) in [5, 5.41) is 1.78. The van der Waals surface area contributed by atoms with Crippen LogP contribution in [0.2, 0.25) is 0 Å². The largest absolute Gasteiger partial charge is 0.298 e. The Labute approximate surface area is 87.9 Å². The Bertz CT molecular complexity index is 390. The molecule has 0 bridgehead atoms. The first-order valence-corrected chi connectivity index (χ1v) is 4.92. The molecular weight excluding hydrogens is 192 g/mol. The second-order valence-corrected chi connectivity index (χ2v) is 3.50. The molecule has 1 aliphatic heterocycles. The van der Waals surface area contributed by atoms with Gasteiger partial charge in [0.15, 0.2) is 0 Å². The van der Waals surface area contributed by atoms with Gasteiger partial charge in [0, 0.05) is 18.5 Å². The van der Waals surface area contributed by atoms with E-state index in [4.69, 9.17) is 0 Å². The Hall–Kier alpha value is -1.84. The molecule has 1 N–H and O–H groups in total. The summed E-state index contributed by atoms with van der Waals surface area (Å²) in [4.78, 5) is 21.8. The molecule has 1 aromatic carbocycles. The molecule has 0 aromatic heterocycles. The lowest BCUT2D eigenvalue weighted by atomic mass is 10.2. The molecule has 0 saturated carbocycles. The first-order chi connectivity index (χ1) is 7.29. The number of nitrogens with zero attached hydrogens (tertiary/aromatic N) is 1. The molecule has 2 rings (SSSR count). The van der Waals surface area contributed by atoms with Crippen molar-refractivity contribution in [3.63, 3.8) is 0 Å². The van der Waals surface area contributed by atoms with E-state index in [9.17, 15) is 9.59 Å². The molecule has 1 amide bonds. The fourth-order valence-electron chi connectivity index (χ4n) is 1.62. The van der Waals surface area contributed by atoms with E-state index in [1.54, 1.807) is 23.2 Å². The van der Waals surface area contributed by atoms with E-state index >= 15 is 0 Å². The van der Waals surface area contributed by atoms with E-state index in [2.05, 4.69) is 5.43 Å². The predicted octanol–water partition coefficient (Wildman–Crippen LogP) is 1.13. The zero-order valence-corrected chi connectivity index (χ0v) is 8.27. The Morgan fingerprint density at radius 1 is 1.40 bits per heavy atom. The van der Waals surface area contributed by atoms with Gasteiger partial charge in [-0.25, -0.2) is 0 Å². The van der Waals surface area contributed by atoms with Gasteiger partial charge in [0.1, 0.15) is 6.29 Å². The van der Waals surface area contributed by atoms with Crippen molar-refractivity contribution in [2.45, 2.75) is 12.8 Å². The number of carbonyl (C=O) groups is 2. The van der Waals surface area contributed by atoms with E-state index in [0.29, 0.717) is 12.0 Å². The van der Waals surface area contributed by atoms with Crippen LogP contribution >= 0.6 is 0 Å². The van der Waals surface area contributed by atoms with Crippen LogP contribution in [0.3, 0.4) is 0 Å². The fourth-order valence-corrected chi connectivity index (χ4v) is 1.62. The van der Waals surface area contributed by atoms with Crippen LogP contribution in [-0.2, 0) is 4.79 Å². The lowest BCUT2D eigenvalue weighted by Crippen LogP contribution is -2.46. The highest BCUT2D eigenvalue weighted by molar-refractivity contribution is 5.80. The average molecular weight is 204 g/mol. The van der Waals surface area contributed by atoms with Crippen LogP contribution in [0.5, 0.6) is 0 Å². The summed E-state index contributed by atoms with van der Waals surface area (Å²) in [6.45, 7) is 0.786. The van der Waals surface area contributed by atoms with Crippen molar-refractivity contribution in [1.82, 2.24) is 5.43 Å². The molecule has 4 heteroatoms. The third-order valence-corrected chi connectivity index (χ3v) is 2.36. The third-order valence-electron chi connectivity index (χ3n) is 2.36. The molecule has 4 nitrogen and oxygen atoms in total. The van der Waals surface area contributed by atoms with Crippen LogP contribution in [0, 0.1) is 0 Å². The minimum atomic E-state index is 0.0257. The molecule has 0 aliphatic carbocycles. The van der Waals surface area contributed by atoms with Gasteiger partial charge in [-0.3, -0.25) is 20.0 Å². The smallest absolute Gasteiger partial charge is 0.238 e. The lowest BCUT2D eigenvalue weighted by Gasteiger charge is -2.29. The standard InChI is InChI=1S/C11H12N2O2/c14-8-9-3-1-4-10(7-9)13-6-2-5-11(15)12-13/h1,3-4,7-8H,2,5-6H2,(H,12,15). The van der Waals surface area contributed by atoms with Crippen LogP contribution in [0.25, 0.3) is 0 Å². The summed E-state index contributed by atoms with van der Waals surface area (Å²) in [5.74, 6) is 0.0257. The van der Waals surface area contributed by atoms with Gasteiger partial charge < -0.3 is 0 Å². The molecule has 15 heavy (non-hydrogen) atoms. The van der Waals surface area contributed by atoms with Gasteiger partial charge in [0.2, 0.25) is 5.91 Å². The molecule has 0 unspecified atom stereocenters. The SMILES string of the molecule is O=Cc1cccc(N2CCCC(=O)N2)c1. The van der Waals surface area contributed by atoms with Crippen LogP contribution in [0.4, 0.5) is 5.69 Å². The van der Waals surface area contributed by atoms with E-state index in [1.165, 1.54) is 0 Å². The first-order valence-electron chi connectivity index (χ1n) is 4.92. The van der Waals surface area contributed by atoms with Crippen molar-refractivity contribution in [1.29, 1.82) is 0 Å². The summed E-state index contributed by atoms with van der Waals surface area (Å²) in [7, 11) is 0. The molecule has 1 aliphatic rings. The Morgan fingerprint density at radius 2 is 2.27 bits per heavy atom. The van der Waals surface area contributed by atoms with Crippen LogP contribution in [0.1, 0.15) is 23.2 Å². The predicted molar refractivity (Wildman–Crippen MR) is 56.6 cm³/mol. The maximum atomic E-state index is 11.2. The van der Waals surface area contributed by atoms with Gasteiger partial charge in [-0.2, -0.15) is 0 Å². The minimum Gasteiger partial charge on any atom is -0.298 e. The van der Waals surface area contributed by atoms with Gasteiger partial charge in [-0.1, -0.05) is 12.1 Å². The zero-order chi connectivity index (χ0) is 10.7. The van der Waals surface area contributed by atoms with Crippen molar-refractivity contribution < 1.29 is 9.59 Å². The summed E-state index contributed by atoms with van der Waals surface area (Å²) >= 11 is 0. The number of rotatable bonds is 2. The molecule has 1 fully saturated rings. The monoisotopic (exact) mass is 204 g/mol. The van der Waals surface area contributed by atoms with Crippen molar-refractivity contribution in [2.24, 2.45) is 0 Å². The molecule has 1 aromatic rings. The van der Waals surface area contributed by atoms with Crippen molar-refractivity contribution in [3.8, 4) is 0 Å². The van der Waals surface area contributed by atoms with Gasteiger partial charge >= 0.3 is 0 Å². The number of hydrazine groups is 1. The van der Waals surface area contributed by atoms with Crippen molar-refractivity contribution in [2.75, 3.05) is 11.6 Å². The molecule has 0 atom stereocenters. The van der Waals surface area contributed by atoms with Gasteiger partial charge in [0.25, 0.3) is 0 Å². The van der Waals surface area contributed by atoms with Crippen LogP contribution in [0.15, 0.2) is 24.3 Å². The maximum absolute atomic E-state index is 11.2. The van der Waals surface area contributed by atoms with Gasteiger partial charge in [-0.15, -0.1) is 0 Å². The number of hydrogen-bond acceptors (Lipinski definition) is 3. The molecule has 1 saturated heterocycles. The highest BCUT2D eigenvalue weighted by Gasteiger charge is 2.15. The Balaban J connectivity index is 2.20. The summed E-state index contributed by atoms with van der Waals surface area (Å²) in [6.07, 6.45) is 2.22. The van der Waals surface area contributed by atoms with Crippen molar-refractivity contribution >= 4 is 17.9 Å².